The predicted octanol–water partition coefficient (Wildman–Crippen LogP) is 0.801. The lowest BCUT2D eigenvalue weighted by Crippen LogP contribution is -2.31. The summed E-state index contributed by atoms with van der Waals surface area (Å²) in [5, 5.41) is 9.26. The Morgan fingerprint density at radius 3 is 2.91 bits per heavy atom. The molecule has 0 bridgehead atoms. The highest BCUT2D eigenvalue weighted by atomic mass is 19.1. The zero-order valence-electron chi connectivity index (χ0n) is 6.96. The Hall–Kier alpha value is -0.150. The lowest BCUT2D eigenvalue weighted by atomic mass is 10.1. The monoisotopic (exact) mass is 161 g/mol. The normalized spacial score (nSPS) is 33.0. The Bertz CT molecular complexity index is 121. The van der Waals surface area contributed by atoms with Gasteiger partial charge >= 0.3 is 0 Å². The number of aliphatic hydroxyl groups is 1. The number of rotatable bonds is 3. The summed E-state index contributed by atoms with van der Waals surface area (Å²) in [6.45, 7) is 2.91. The van der Waals surface area contributed by atoms with Gasteiger partial charge < -0.3 is 5.11 Å². The SMILES string of the molecule is CC[C@H]1C[C@@H](O)CN1CCF. The Morgan fingerprint density at radius 1 is 1.64 bits per heavy atom. The van der Waals surface area contributed by atoms with Crippen LogP contribution in [0.3, 0.4) is 0 Å². The third-order valence-electron chi connectivity index (χ3n) is 2.35. The van der Waals surface area contributed by atoms with Gasteiger partial charge in [-0.25, -0.2) is 4.39 Å². The van der Waals surface area contributed by atoms with Crippen LogP contribution >= 0.6 is 0 Å². The minimum absolute atomic E-state index is 0.230. The molecule has 3 heteroatoms. The molecule has 1 saturated heterocycles. The second kappa shape index (κ2) is 4.02. The van der Waals surface area contributed by atoms with E-state index in [1.54, 1.807) is 0 Å². The number of β-amino-alcohol motifs (C(OH)–C–C–N with tert-alkyl or cyclic N) is 1. The zero-order chi connectivity index (χ0) is 8.27. The Balaban J connectivity index is 2.37. The molecule has 0 aromatic heterocycles. The summed E-state index contributed by atoms with van der Waals surface area (Å²) in [7, 11) is 0. The van der Waals surface area contributed by atoms with Crippen LogP contribution in [0.4, 0.5) is 4.39 Å². The van der Waals surface area contributed by atoms with E-state index < -0.39 is 0 Å². The van der Waals surface area contributed by atoms with Crippen LogP contribution in [0.25, 0.3) is 0 Å². The number of hydrogen-bond acceptors (Lipinski definition) is 2. The molecular weight excluding hydrogens is 145 g/mol. The van der Waals surface area contributed by atoms with E-state index in [-0.39, 0.29) is 12.8 Å². The van der Waals surface area contributed by atoms with Gasteiger partial charge in [-0.2, -0.15) is 0 Å². The highest BCUT2D eigenvalue weighted by Crippen LogP contribution is 2.19. The van der Waals surface area contributed by atoms with E-state index >= 15 is 0 Å². The summed E-state index contributed by atoms with van der Waals surface area (Å²) in [5.74, 6) is 0. The van der Waals surface area contributed by atoms with Gasteiger partial charge in [0, 0.05) is 19.1 Å². The smallest absolute Gasteiger partial charge is 0.102 e. The maximum Gasteiger partial charge on any atom is 0.102 e. The molecule has 0 saturated carbocycles. The van der Waals surface area contributed by atoms with Crippen molar-refractivity contribution in [2.24, 2.45) is 0 Å². The Labute approximate surface area is 67.0 Å². The number of alkyl halides is 1. The van der Waals surface area contributed by atoms with Crippen LogP contribution < -0.4 is 0 Å². The van der Waals surface area contributed by atoms with E-state index in [9.17, 15) is 9.50 Å². The topological polar surface area (TPSA) is 23.5 Å². The summed E-state index contributed by atoms with van der Waals surface area (Å²) >= 11 is 0. The van der Waals surface area contributed by atoms with E-state index in [1.165, 1.54) is 0 Å². The quantitative estimate of drug-likeness (QED) is 0.662. The van der Waals surface area contributed by atoms with Crippen LogP contribution in [0, 0.1) is 0 Å². The van der Waals surface area contributed by atoms with Gasteiger partial charge in [-0.3, -0.25) is 4.90 Å². The molecule has 1 fully saturated rings. The van der Waals surface area contributed by atoms with Crippen molar-refractivity contribution in [2.45, 2.75) is 31.9 Å². The third-order valence-corrected chi connectivity index (χ3v) is 2.35. The summed E-state index contributed by atoms with van der Waals surface area (Å²) in [4.78, 5) is 2.03. The molecule has 0 radical (unpaired) electrons. The third kappa shape index (κ3) is 2.14. The van der Waals surface area contributed by atoms with Gasteiger partial charge in [0.05, 0.1) is 6.10 Å². The molecule has 1 N–H and O–H groups in total. The minimum atomic E-state index is -0.302. The van der Waals surface area contributed by atoms with E-state index in [4.69, 9.17) is 0 Å². The standard InChI is InChI=1S/C8H16FNO/c1-2-7-5-8(11)6-10(7)4-3-9/h7-8,11H,2-6H2,1H3/t7-,8+/m0/s1. The molecule has 0 aliphatic carbocycles. The van der Waals surface area contributed by atoms with Crippen LogP contribution in [-0.4, -0.2) is 41.9 Å². The molecule has 66 valence electrons. The van der Waals surface area contributed by atoms with Gasteiger partial charge in [0.2, 0.25) is 0 Å². The fraction of sp³-hybridized carbons (Fsp3) is 1.00. The second-order valence-electron chi connectivity index (χ2n) is 3.14. The molecule has 11 heavy (non-hydrogen) atoms. The van der Waals surface area contributed by atoms with Crippen molar-refractivity contribution >= 4 is 0 Å². The summed E-state index contributed by atoms with van der Waals surface area (Å²) < 4.78 is 12.0. The fourth-order valence-corrected chi connectivity index (χ4v) is 1.76. The summed E-state index contributed by atoms with van der Waals surface area (Å²) in [6.07, 6.45) is 1.60. The molecule has 0 aromatic carbocycles. The van der Waals surface area contributed by atoms with Crippen LogP contribution in [-0.2, 0) is 0 Å². The lowest BCUT2D eigenvalue weighted by Gasteiger charge is -2.20. The first kappa shape index (κ1) is 8.94. The Kier molecular flexibility index (Phi) is 3.27. The highest BCUT2D eigenvalue weighted by Gasteiger charge is 2.28. The lowest BCUT2D eigenvalue weighted by molar-refractivity contribution is 0.170. The van der Waals surface area contributed by atoms with Crippen molar-refractivity contribution in [3.8, 4) is 0 Å². The molecule has 1 aliphatic heterocycles. The fourth-order valence-electron chi connectivity index (χ4n) is 1.76. The molecule has 0 amide bonds. The zero-order valence-corrected chi connectivity index (χ0v) is 6.96. The minimum Gasteiger partial charge on any atom is -0.392 e. The van der Waals surface area contributed by atoms with Gasteiger partial charge in [0.15, 0.2) is 0 Å². The van der Waals surface area contributed by atoms with Crippen LogP contribution in [0.2, 0.25) is 0 Å². The molecule has 0 spiro atoms. The van der Waals surface area contributed by atoms with Crippen LogP contribution in [0.15, 0.2) is 0 Å². The molecule has 0 unspecified atom stereocenters. The maximum absolute atomic E-state index is 12.0. The van der Waals surface area contributed by atoms with Gasteiger partial charge in [0.25, 0.3) is 0 Å². The van der Waals surface area contributed by atoms with Gasteiger partial charge in [-0.15, -0.1) is 0 Å². The van der Waals surface area contributed by atoms with E-state index in [0.717, 1.165) is 12.8 Å². The number of hydrogen-bond donors (Lipinski definition) is 1. The first-order chi connectivity index (χ1) is 5.27. The molecule has 1 aliphatic rings. The van der Waals surface area contributed by atoms with E-state index in [2.05, 4.69) is 6.92 Å². The number of aliphatic hydroxyl groups excluding tert-OH is 1. The second-order valence-corrected chi connectivity index (χ2v) is 3.14. The van der Waals surface area contributed by atoms with Gasteiger partial charge in [0.1, 0.15) is 6.67 Å². The van der Waals surface area contributed by atoms with Gasteiger partial charge in [-0.1, -0.05) is 6.92 Å². The number of nitrogens with zero attached hydrogens (tertiary/aromatic N) is 1. The van der Waals surface area contributed by atoms with Crippen molar-refractivity contribution in [1.29, 1.82) is 0 Å². The maximum atomic E-state index is 12.0. The molecule has 1 rings (SSSR count). The average Bonchev–Trinajstić information content (AvgIpc) is 2.32. The van der Waals surface area contributed by atoms with Crippen molar-refractivity contribution < 1.29 is 9.50 Å². The molecule has 2 atom stereocenters. The first-order valence-electron chi connectivity index (χ1n) is 4.26. The highest BCUT2D eigenvalue weighted by molar-refractivity contribution is 4.83. The average molecular weight is 161 g/mol. The predicted molar refractivity (Wildman–Crippen MR) is 42.3 cm³/mol. The van der Waals surface area contributed by atoms with E-state index in [1.807, 2.05) is 4.90 Å². The van der Waals surface area contributed by atoms with Crippen molar-refractivity contribution in [3.05, 3.63) is 0 Å². The van der Waals surface area contributed by atoms with Crippen molar-refractivity contribution in [2.75, 3.05) is 19.8 Å². The number of halogens is 1. The van der Waals surface area contributed by atoms with Crippen molar-refractivity contribution in [3.63, 3.8) is 0 Å². The molecule has 1 heterocycles. The summed E-state index contributed by atoms with van der Waals surface area (Å²) in [6, 6.07) is 0.403. The largest absolute Gasteiger partial charge is 0.392 e. The van der Waals surface area contributed by atoms with Crippen LogP contribution in [0.1, 0.15) is 19.8 Å². The summed E-state index contributed by atoms with van der Waals surface area (Å²) in [5.41, 5.74) is 0. The van der Waals surface area contributed by atoms with Crippen LogP contribution in [0.5, 0.6) is 0 Å². The number of likely N-dealkylation sites (tertiary alicyclic amines) is 1. The first-order valence-corrected chi connectivity index (χ1v) is 4.26. The van der Waals surface area contributed by atoms with E-state index in [0.29, 0.717) is 19.1 Å². The molecule has 0 aromatic rings. The van der Waals surface area contributed by atoms with Gasteiger partial charge in [-0.05, 0) is 12.8 Å². The van der Waals surface area contributed by atoms with Crippen molar-refractivity contribution in [1.82, 2.24) is 4.90 Å². The Morgan fingerprint density at radius 2 is 2.36 bits per heavy atom. The molecule has 2 nitrogen and oxygen atoms in total. The molecular formula is C8H16FNO.